The highest BCUT2D eigenvalue weighted by Crippen LogP contribution is 2.18. The highest BCUT2D eigenvalue weighted by atomic mass is 15.1. The van der Waals surface area contributed by atoms with Crippen LogP contribution in [0.3, 0.4) is 0 Å². The predicted octanol–water partition coefficient (Wildman–Crippen LogP) is 1.75. The van der Waals surface area contributed by atoms with Crippen LogP contribution in [0.1, 0.15) is 25.6 Å². The van der Waals surface area contributed by atoms with E-state index in [1.54, 1.807) is 0 Å². The number of nitrogens with zero attached hydrogens (tertiary/aromatic N) is 3. The molecule has 0 aliphatic carbocycles. The van der Waals surface area contributed by atoms with E-state index in [9.17, 15) is 0 Å². The molecule has 1 fully saturated rings. The SMILES string of the molecule is CCn1c(CC2CCCN2)nc2cnccc21. The molecule has 0 saturated carbocycles. The molecule has 0 aromatic carbocycles. The van der Waals surface area contributed by atoms with Gasteiger partial charge in [0.05, 0.1) is 11.7 Å². The van der Waals surface area contributed by atoms with Gasteiger partial charge in [-0.3, -0.25) is 4.98 Å². The summed E-state index contributed by atoms with van der Waals surface area (Å²) in [6.07, 6.45) is 7.28. The Hall–Kier alpha value is -1.42. The molecule has 3 rings (SSSR count). The van der Waals surface area contributed by atoms with Gasteiger partial charge in [-0.25, -0.2) is 4.98 Å². The molecule has 3 heterocycles. The van der Waals surface area contributed by atoms with Gasteiger partial charge in [-0.15, -0.1) is 0 Å². The maximum atomic E-state index is 4.71. The Morgan fingerprint density at radius 1 is 1.53 bits per heavy atom. The second-order valence-corrected chi connectivity index (χ2v) is 4.63. The van der Waals surface area contributed by atoms with E-state index in [1.165, 1.54) is 24.2 Å². The first-order valence-corrected chi connectivity index (χ1v) is 6.41. The van der Waals surface area contributed by atoms with Crippen LogP contribution < -0.4 is 5.32 Å². The summed E-state index contributed by atoms with van der Waals surface area (Å²) in [5.74, 6) is 1.19. The largest absolute Gasteiger partial charge is 0.328 e. The molecule has 0 spiro atoms. The summed E-state index contributed by atoms with van der Waals surface area (Å²) in [5, 5.41) is 3.53. The lowest BCUT2D eigenvalue weighted by Crippen LogP contribution is -2.25. The van der Waals surface area contributed by atoms with Crippen LogP contribution in [-0.2, 0) is 13.0 Å². The Morgan fingerprint density at radius 3 is 3.24 bits per heavy atom. The van der Waals surface area contributed by atoms with Crippen LogP contribution in [0.25, 0.3) is 11.0 Å². The molecule has 2 aromatic heterocycles. The quantitative estimate of drug-likeness (QED) is 0.873. The predicted molar refractivity (Wildman–Crippen MR) is 67.9 cm³/mol. The fourth-order valence-electron chi connectivity index (χ4n) is 2.69. The first-order chi connectivity index (χ1) is 8.38. The lowest BCUT2D eigenvalue weighted by atomic mass is 10.1. The molecule has 1 aliphatic rings. The van der Waals surface area contributed by atoms with E-state index in [0.717, 1.165) is 25.0 Å². The van der Waals surface area contributed by atoms with Gasteiger partial charge in [0.25, 0.3) is 0 Å². The van der Waals surface area contributed by atoms with Gasteiger partial charge in [0, 0.05) is 25.2 Å². The maximum absolute atomic E-state index is 4.71. The molecule has 17 heavy (non-hydrogen) atoms. The number of rotatable bonds is 3. The third-order valence-corrected chi connectivity index (χ3v) is 3.54. The van der Waals surface area contributed by atoms with Crippen molar-refractivity contribution in [2.24, 2.45) is 0 Å². The molecule has 90 valence electrons. The van der Waals surface area contributed by atoms with Crippen molar-refractivity contribution < 1.29 is 0 Å². The number of aromatic nitrogens is 3. The number of hydrogen-bond donors (Lipinski definition) is 1. The Morgan fingerprint density at radius 2 is 2.47 bits per heavy atom. The van der Waals surface area contributed by atoms with Crippen molar-refractivity contribution in [3.63, 3.8) is 0 Å². The van der Waals surface area contributed by atoms with Crippen LogP contribution in [0.15, 0.2) is 18.5 Å². The molecular formula is C13H18N4. The Kier molecular flexibility index (Phi) is 2.81. The zero-order chi connectivity index (χ0) is 11.7. The average Bonchev–Trinajstić information content (AvgIpc) is 2.96. The molecular weight excluding hydrogens is 212 g/mol. The highest BCUT2D eigenvalue weighted by molar-refractivity contribution is 5.74. The van der Waals surface area contributed by atoms with Crippen molar-refractivity contribution in [3.8, 4) is 0 Å². The number of imidazole rings is 1. The Balaban J connectivity index is 1.96. The number of hydrogen-bond acceptors (Lipinski definition) is 3. The fraction of sp³-hybridized carbons (Fsp3) is 0.538. The lowest BCUT2D eigenvalue weighted by Gasteiger charge is -2.11. The number of fused-ring (bicyclic) bond motifs is 1. The van der Waals surface area contributed by atoms with Crippen LogP contribution in [-0.4, -0.2) is 27.1 Å². The molecule has 1 atom stereocenters. The van der Waals surface area contributed by atoms with Crippen molar-refractivity contribution in [1.29, 1.82) is 0 Å². The second kappa shape index (κ2) is 4.45. The summed E-state index contributed by atoms with van der Waals surface area (Å²) in [7, 11) is 0. The zero-order valence-corrected chi connectivity index (χ0v) is 10.2. The van der Waals surface area contributed by atoms with Crippen LogP contribution in [0.2, 0.25) is 0 Å². The van der Waals surface area contributed by atoms with Crippen molar-refractivity contribution in [2.75, 3.05) is 6.54 Å². The first-order valence-electron chi connectivity index (χ1n) is 6.41. The van der Waals surface area contributed by atoms with Gasteiger partial charge in [0.2, 0.25) is 0 Å². The van der Waals surface area contributed by atoms with Gasteiger partial charge in [-0.2, -0.15) is 0 Å². The molecule has 1 N–H and O–H groups in total. The number of pyridine rings is 1. The molecule has 2 aromatic rings. The smallest absolute Gasteiger partial charge is 0.111 e. The molecule has 4 heteroatoms. The third-order valence-electron chi connectivity index (χ3n) is 3.54. The minimum absolute atomic E-state index is 0.602. The third kappa shape index (κ3) is 1.93. The summed E-state index contributed by atoms with van der Waals surface area (Å²) >= 11 is 0. The van der Waals surface area contributed by atoms with E-state index >= 15 is 0 Å². The van der Waals surface area contributed by atoms with E-state index in [4.69, 9.17) is 4.98 Å². The minimum atomic E-state index is 0.602. The van der Waals surface area contributed by atoms with Crippen LogP contribution in [0.4, 0.5) is 0 Å². The number of aryl methyl sites for hydroxylation is 1. The summed E-state index contributed by atoms with van der Waals surface area (Å²) in [4.78, 5) is 8.85. The van der Waals surface area contributed by atoms with E-state index in [1.807, 2.05) is 12.4 Å². The molecule has 4 nitrogen and oxygen atoms in total. The van der Waals surface area contributed by atoms with E-state index in [-0.39, 0.29) is 0 Å². The zero-order valence-electron chi connectivity index (χ0n) is 10.2. The van der Waals surface area contributed by atoms with Crippen molar-refractivity contribution in [3.05, 3.63) is 24.3 Å². The standard InChI is InChI=1S/C13H18N4/c1-2-17-12-5-7-14-9-11(12)16-13(17)8-10-4-3-6-15-10/h5,7,9-10,15H,2-4,6,8H2,1H3. The van der Waals surface area contributed by atoms with Crippen molar-refractivity contribution in [1.82, 2.24) is 19.9 Å². The number of nitrogens with one attached hydrogen (secondary N) is 1. The van der Waals surface area contributed by atoms with Gasteiger partial charge in [-0.05, 0) is 32.4 Å². The molecule has 0 bridgehead atoms. The molecule has 1 saturated heterocycles. The van der Waals surface area contributed by atoms with Crippen molar-refractivity contribution in [2.45, 2.75) is 38.8 Å². The average molecular weight is 230 g/mol. The minimum Gasteiger partial charge on any atom is -0.328 e. The Bertz CT molecular complexity index is 511. The van der Waals surface area contributed by atoms with E-state index < -0.39 is 0 Å². The normalized spacial score (nSPS) is 20.2. The lowest BCUT2D eigenvalue weighted by molar-refractivity contribution is 0.565. The topological polar surface area (TPSA) is 42.7 Å². The molecule has 1 unspecified atom stereocenters. The van der Waals surface area contributed by atoms with E-state index in [0.29, 0.717) is 6.04 Å². The van der Waals surface area contributed by atoms with Crippen LogP contribution in [0, 0.1) is 0 Å². The van der Waals surface area contributed by atoms with Gasteiger partial charge in [-0.1, -0.05) is 0 Å². The monoisotopic (exact) mass is 230 g/mol. The summed E-state index contributed by atoms with van der Waals surface area (Å²) in [6.45, 7) is 4.30. The van der Waals surface area contributed by atoms with Crippen molar-refractivity contribution >= 4 is 11.0 Å². The summed E-state index contributed by atoms with van der Waals surface area (Å²) in [5.41, 5.74) is 2.22. The second-order valence-electron chi connectivity index (χ2n) is 4.63. The molecule has 0 radical (unpaired) electrons. The fourth-order valence-corrected chi connectivity index (χ4v) is 2.69. The van der Waals surface area contributed by atoms with Gasteiger partial charge in [0.15, 0.2) is 0 Å². The summed E-state index contributed by atoms with van der Waals surface area (Å²) < 4.78 is 2.30. The molecule has 0 amide bonds. The van der Waals surface area contributed by atoms with Crippen LogP contribution in [0.5, 0.6) is 0 Å². The summed E-state index contributed by atoms with van der Waals surface area (Å²) in [6, 6.07) is 2.65. The highest BCUT2D eigenvalue weighted by Gasteiger charge is 2.18. The first kappa shape index (κ1) is 10.7. The van der Waals surface area contributed by atoms with E-state index in [2.05, 4.69) is 27.9 Å². The van der Waals surface area contributed by atoms with Gasteiger partial charge >= 0.3 is 0 Å². The Labute approximate surface area is 101 Å². The molecule has 1 aliphatic heterocycles. The van der Waals surface area contributed by atoms with Gasteiger partial charge in [0.1, 0.15) is 11.3 Å². The van der Waals surface area contributed by atoms with Crippen LogP contribution >= 0.6 is 0 Å². The van der Waals surface area contributed by atoms with Gasteiger partial charge < -0.3 is 9.88 Å². The maximum Gasteiger partial charge on any atom is 0.111 e.